The number of alkyl halides is 1. The van der Waals surface area contributed by atoms with Crippen molar-refractivity contribution in [3.63, 3.8) is 0 Å². The zero-order valence-electron chi connectivity index (χ0n) is 22.3. The molecule has 3 aliphatic carbocycles. The molecule has 3 fully saturated rings. The molecule has 0 bridgehead atoms. The summed E-state index contributed by atoms with van der Waals surface area (Å²) in [5, 5.41) is 0. The number of fused-ring (bicyclic) bond motifs is 1. The van der Waals surface area contributed by atoms with E-state index in [0.717, 1.165) is 48.4 Å². The van der Waals surface area contributed by atoms with E-state index in [4.69, 9.17) is 0 Å². The first-order chi connectivity index (χ1) is 18.0. The number of benzene rings is 1. The zero-order chi connectivity index (χ0) is 25.5. The summed E-state index contributed by atoms with van der Waals surface area (Å²) in [6.07, 6.45) is 6.32. The number of aromatic nitrogens is 2. The molecule has 0 N–H and O–H groups in total. The number of hydrogen-bond acceptors (Lipinski definition) is 5. The van der Waals surface area contributed by atoms with Crippen LogP contribution in [0.4, 0.5) is 10.2 Å². The molecule has 6 rings (SSSR count). The fourth-order valence-electron chi connectivity index (χ4n) is 6.21. The minimum atomic E-state index is -1.00. The summed E-state index contributed by atoms with van der Waals surface area (Å²) in [6, 6.07) is 8.57. The van der Waals surface area contributed by atoms with E-state index in [9.17, 15) is 9.18 Å². The summed E-state index contributed by atoms with van der Waals surface area (Å²) in [6.45, 7) is 7.90. The molecule has 4 aliphatic rings. The van der Waals surface area contributed by atoms with Crippen molar-refractivity contribution in [2.24, 2.45) is 11.8 Å². The lowest BCUT2D eigenvalue weighted by atomic mass is 9.90. The van der Waals surface area contributed by atoms with Crippen molar-refractivity contribution in [2.45, 2.75) is 57.0 Å². The summed E-state index contributed by atoms with van der Waals surface area (Å²) >= 11 is 0. The van der Waals surface area contributed by atoms with Gasteiger partial charge in [-0.3, -0.25) is 4.79 Å². The molecule has 1 aromatic heterocycles. The van der Waals surface area contributed by atoms with E-state index in [-0.39, 0.29) is 17.7 Å². The Morgan fingerprint density at radius 3 is 2.32 bits per heavy atom. The lowest BCUT2D eigenvalue weighted by Gasteiger charge is -2.38. The molecule has 2 saturated carbocycles. The molecule has 37 heavy (non-hydrogen) atoms. The lowest BCUT2D eigenvalue weighted by molar-refractivity contribution is -0.133. The van der Waals surface area contributed by atoms with Gasteiger partial charge >= 0.3 is 0 Å². The number of hydrogen-bond donors (Lipinski definition) is 0. The first-order valence-corrected chi connectivity index (χ1v) is 14.3. The number of anilines is 1. The second-order valence-corrected chi connectivity index (χ2v) is 12.0. The highest BCUT2D eigenvalue weighted by Crippen LogP contribution is 2.44. The average Bonchev–Trinajstić information content (AvgIpc) is 3.84. The third-order valence-electron chi connectivity index (χ3n) is 8.78. The average molecular weight is 503 g/mol. The Hall–Kier alpha value is -2.48. The van der Waals surface area contributed by atoms with E-state index >= 15 is 0 Å². The van der Waals surface area contributed by atoms with Crippen molar-refractivity contribution in [3.8, 4) is 0 Å². The van der Waals surface area contributed by atoms with Gasteiger partial charge in [0.15, 0.2) is 0 Å². The maximum absolute atomic E-state index is 14.5. The van der Waals surface area contributed by atoms with Crippen molar-refractivity contribution in [1.82, 2.24) is 19.8 Å². The van der Waals surface area contributed by atoms with Crippen LogP contribution in [0.5, 0.6) is 0 Å². The molecule has 2 aromatic rings. The Balaban J connectivity index is 1.17. The fourth-order valence-corrected chi connectivity index (χ4v) is 6.21. The number of rotatable bonds is 9. The van der Waals surface area contributed by atoms with E-state index in [2.05, 4.69) is 63.7 Å². The van der Waals surface area contributed by atoms with Crippen LogP contribution < -0.4 is 10.4 Å². The van der Waals surface area contributed by atoms with Crippen LogP contribution in [-0.2, 0) is 4.79 Å². The molecule has 0 unspecified atom stereocenters. The number of halogens is 1. The number of piperazine rings is 1. The van der Waals surface area contributed by atoms with Gasteiger partial charge < -0.3 is 14.7 Å². The summed E-state index contributed by atoms with van der Waals surface area (Å²) in [7, 11) is 2.10. The van der Waals surface area contributed by atoms with Gasteiger partial charge in [0.2, 0.25) is 5.91 Å². The van der Waals surface area contributed by atoms with Crippen LogP contribution >= 0.6 is 0 Å². The summed E-state index contributed by atoms with van der Waals surface area (Å²) in [5.74, 6) is 2.72. The van der Waals surface area contributed by atoms with Crippen LogP contribution in [-0.4, -0.2) is 79.3 Å². The van der Waals surface area contributed by atoms with Crippen LogP contribution in [0.15, 0.2) is 30.6 Å². The van der Waals surface area contributed by atoms with E-state index in [0.29, 0.717) is 38.3 Å². The maximum Gasteiger partial charge on any atom is 0.231 e. The molecule has 1 amide bonds. The standard InChI is InChI=1S/C29H39BFN5O/c1-19-14-25(31)27-26(19)28(33-18-32-27)35-10-12-36(13-11-35)29(37)24(22-6-8-23(30)9-7-22)17-34(15-20-2-3-20)16-21-4-5-21/h6-9,18-21,24-25H,2-5,10-17,30H2,1H3/t19-,24-,25-/m1/s1. The highest BCUT2D eigenvalue weighted by Gasteiger charge is 2.37. The highest BCUT2D eigenvalue weighted by atomic mass is 19.1. The van der Waals surface area contributed by atoms with Crippen LogP contribution in [0.3, 0.4) is 0 Å². The molecular formula is C29H39BFN5O. The minimum absolute atomic E-state index is 0.121. The van der Waals surface area contributed by atoms with Gasteiger partial charge in [0.1, 0.15) is 26.2 Å². The topological polar surface area (TPSA) is 52.6 Å². The zero-order valence-corrected chi connectivity index (χ0v) is 22.3. The van der Waals surface area contributed by atoms with Gasteiger partial charge in [-0.25, -0.2) is 14.4 Å². The van der Waals surface area contributed by atoms with Crippen molar-refractivity contribution in [3.05, 3.63) is 47.4 Å². The van der Waals surface area contributed by atoms with Gasteiger partial charge in [0.05, 0.1) is 11.6 Å². The Morgan fingerprint density at radius 2 is 1.70 bits per heavy atom. The molecule has 1 saturated heterocycles. The first-order valence-electron chi connectivity index (χ1n) is 14.3. The molecule has 0 spiro atoms. The Morgan fingerprint density at radius 1 is 1.05 bits per heavy atom. The second kappa shape index (κ2) is 10.4. The molecule has 196 valence electrons. The highest BCUT2D eigenvalue weighted by molar-refractivity contribution is 6.32. The predicted molar refractivity (Wildman–Crippen MR) is 147 cm³/mol. The molecular weight excluding hydrogens is 464 g/mol. The molecule has 1 aromatic carbocycles. The van der Waals surface area contributed by atoms with Gasteiger partial charge in [-0.05, 0) is 55.4 Å². The van der Waals surface area contributed by atoms with Gasteiger partial charge in [0.25, 0.3) is 0 Å². The largest absolute Gasteiger partial charge is 0.353 e. The van der Waals surface area contributed by atoms with Gasteiger partial charge in [0, 0.05) is 51.4 Å². The normalized spacial score (nSPS) is 24.4. The van der Waals surface area contributed by atoms with Gasteiger partial charge in [-0.2, -0.15) is 0 Å². The van der Waals surface area contributed by atoms with Crippen molar-refractivity contribution in [1.29, 1.82) is 0 Å². The first kappa shape index (κ1) is 24.8. The monoisotopic (exact) mass is 503 g/mol. The van der Waals surface area contributed by atoms with E-state index < -0.39 is 6.17 Å². The van der Waals surface area contributed by atoms with E-state index in [1.807, 2.05) is 0 Å². The predicted octanol–water partition coefficient (Wildman–Crippen LogP) is 2.81. The smallest absolute Gasteiger partial charge is 0.231 e. The number of amides is 1. The van der Waals surface area contributed by atoms with E-state index in [1.54, 1.807) is 0 Å². The fraction of sp³-hybridized carbons (Fsp3) is 0.621. The molecule has 0 radical (unpaired) electrons. The number of nitrogens with zero attached hydrogens (tertiary/aromatic N) is 5. The van der Waals surface area contributed by atoms with Crippen LogP contribution in [0.1, 0.15) is 73.9 Å². The van der Waals surface area contributed by atoms with Crippen LogP contribution in [0.2, 0.25) is 0 Å². The number of carbonyl (C=O) groups is 1. The molecule has 6 nitrogen and oxygen atoms in total. The quantitative estimate of drug-likeness (QED) is 0.493. The van der Waals surface area contributed by atoms with Crippen LogP contribution in [0.25, 0.3) is 0 Å². The van der Waals surface area contributed by atoms with Crippen LogP contribution in [0, 0.1) is 11.8 Å². The Bertz CT molecular complexity index is 1100. The SMILES string of the molecule is Bc1ccc([C@@H](CN(CC2CC2)CC2CC2)C(=O)N2CCN(c3ncnc4c3[C@H](C)C[C@H]4F)CC2)cc1. The summed E-state index contributed by atoms with van der Waals surface area (Å²) < 4.78 is 14.5. The van der Waals surface area contributed by atoms with Crippen molar-refractivity contribution >= 4 is 25.0 Å². The third kappa shape index (κ3) is 5.54. The van der Waals surface area contributed by atoms with Crippen molar-refractivity contribution < 1.29 is 9.18 Å². The maximum atomic E-state index is 14.5. The van der Waals surface area contributed by atoms with E-state index in [1.165, 1.54) is 37.5 Å². The van der Waals surface area contributed by atoms with Gasteiger partial charge in [-0.1, -0.05) is 36.7 Å². The minimum Gasteiger partial charge on any atom is -0.353 e. The molecule has 2 heterocycles. The molecule has 3 atom stereocenters. The Kier molecular flexibility index (Phi) is 6.95. The summed E-state index contributed by atoms with van der Waals surface area (Å²) in [5.41, 5.74) is 3.87. The van der Waals surface area contributed by atoms with Crippen molar-refractivity contribution in [2.75, 3.05) is 50.7 Å². The number of carbonyl (C=O) groups excluding carboxylic acids is 1. The molecule has 8 heteroatoms. The Labute approximate surface area is 221 Å². The van der Waals surface area contributed by atoms with Gasteiger partial charge in [-0.15, -0.1) is 0 Å². The summed E-state index contributed by atoms with van der Waals surface area (Å²) in [4.78, 5) is 29.7. The lowest BCUT2D eigenvalue weighted by Crippen LogP contribution is -2.51. The molecule has 1 aliphatic heterocycles. The third-order valence-corrected chi connectivity index (χ3v) is 8.78. The second-order valence-electron chi connectivity index (χ2n) is 12.0.